The van der Waals surface area contributed by atoms with Crippen LogP contribution in [0.4, 0.5) is 8.78 Å². The maximum atomic E-state index is 13.4. The second-order valence-corrected chi connectivity index (χ2v) is 4.69. The Kier molecular flexibility index (Phi) is 5.89. The van der Waals surface area contributed by atoms with Gasteiger partial charge in [-0.1, -0.05) is 0 Å². The first-order valence-corrected chi connectivity index (χ1v) is 6.26. The van der Waals surface area contributed by atoms with Crippen LogP contribution in [0.5, 0.6) is 0 Å². The van der Waals surface area contributed by atoms with Gasteiger partial charge in [0, 0.05) is 20.0 Å². The first-order valence-electron chi connectivity index (χ1n) is 6.26. The largest absolute Gasteiger partial charge is 0.393 e. The molecule has 0 radical (unpaired) electrons. The first-order chi connectivity index (χ1) is 8.90. The van der Waals surface area contributed by atoms with Crippen molar-refractivity contribution in [1.82, 2.24) is 4.90 Å². The van der Waals surface area contributed by atoms with Gasteiger partial charge in [-0.05, 0) is 43.5 Å². The molecule has 0 saturated heterocycles. The van der Waals surface area contributed by atoms with Gasteiger partial charge in [0.2, 0.25) is 5.91 Å². The highest BCUT2D eigenvalue weighted by Crippen LogP contribution is 2.12. The summed E-state index contributed by atoms with van der Waals surface area (Å²) in [5.74, 6) is -1.16. The predicted octanol–water partition coefficient (Wildman–Crippen LogP) is 2.13. The van der Waals surface area contributed by atoms with Crippen molar-refractivity contribution in [1.29, 1.82) is 0 Å². The molecule has 1 unspecified atom stereocenters. The zero-order valence-electron chi connectivity index (χ0n) is 11.2. The fraction of sp³-hybridized carbons (Fsp3) is 0.500. The number of hydrogen-bond donors (Lipinski definition) is 1. The third kappa shape index (κ3) is 5.34. The Morgan fingerprint density at radius 1 is 1.42 bits per heavy atom. The standard InChI is InChI=1S/C14H19F2NO2/c1-10(18)7-8-17(2)14(19)6-3-11-9-12(15)4-5-13(11)16/h4-5,9-10,18H,3,6-8H2,1-2H3. The molecule has 3 nitrogen and oxygen atoms in total. The molecule has 0 bridgehead atoms. The van der Waals surface area contributed by atoms with Gasteiger partial charge in [0.25, 0.3) is 0 Å². The second-order valence-electron chi connectivity index (χ2n) is 4.69. The number of aliphatic hydroxyl groups excluding tert-OH is 1. The van der Waals surface area contributed by atoms with Crippen molar-refractivity contribution in [2.24, 2.45) is 0 Å². The van der Waals surface area contributed by atoms with E-state index in [1.54, 1.807) is 14.0 Å². The molecule has 106 valence electrons. The molecule has 1 aromatic rings. The van der Waals surface area contributed by atoms with Gasteiger partial charge in [0.05, 0.1) is 6.10 Å². The van der Waals surface area contributed by atoms with Crippen LogP contribution >= 0.6 is 0 Å². The van der Waals surface area contributed by atoms with Gasteiger partial charge in [-0.3, -0.25) is 4.79 Å². The number of rotatable bonds is 6. The number of aryl methyl sites for hydroxylation is 1. The van der Waals surface area contributed by atoms with Crippen molar-refractivity contribution in [3.8, 4) is 0 Å². The van der Waals surface area contributed by atoms with Crippen molar-refractivity contribution in [2.45, 2.75) is 32.3 Å². The molecule has 0 saturated carbocycles. The van der Waals surface area contributed by atoms with Crippen LogP contribution in [0, 0.1) is 11.6 Å². The SMILES string of the molecule is CC(O)CCN(C)C(=O)CCc1cc(F)ccc1F. The van der Waals surface area contributed by atoms with Crippen LogP contribution in [0.3, 0.4) is 0 Å². The van der Waals surface area contributed by atoms with Crippen molar-refractivity contribution in [3.63, 3.8) is 0 Å². The molecule has 0 heterocycles. The van der Waals surface area contributed by atoms with Gasteiger partial charge in [-0.15, -0.1) is 0 Å². The molecule has 1 amide bonds. The Hall–Kier alpha value is -1.49. The maximum Gasteiger partial charge on any atom is 0.222 e. The fourth-order valence-corrected chi connectivity index (χ4v) is 1.67. The average Bonchev–Trinajstić information content (AvgIpc) is 2.36. The molecule has 1 aromatic carbocycles. The summed E-state index contributed by atoms with van der Waals surface area (Å²) in [6.07, 6.45) is 0.324. The van der Waals surface area contributed by atoms with Gasteiger partial charge >= 0.3 is 0 Å². The van der Waals surface area contributed by atoms with Crippen molar-refractivity contribution in [2.75, 3.05) is 13.6 Å². The van der Waals surface area contributed by atoms with Crippen LogP contribution in [-0.2, 0) is 11.2 Å². The summed E-state index contributed by atoms with van der Waals surface area (Å²) in [5.41, 5.74) is 0.206. The van der Waals surface area contributed by atoms with Crippen molar-refractivity contribution in [3.05, 3.63) is 35.4 Å². The molecular formula is C14H19F2NO2. The number of amides is 1. The van der Waals surface area contributed by atoms with Crippen LogP contribution in [0.15, 0.2) is 18.2 Å². The Bertz CT molecular complexity index is 435. The first kappa shape index (κ1) is 15.6. The number of carbonyl (C=O) groups is 1. The Balaban J connectivity index is 2.47. The fourth-order valence-electron chi connectivity index (χ4n) is 1.67. The van der Waals surface area contributed by atoms with Crippen molar-refractivity contribution < 1.29 is 18.7 Å². The Morgan fingerprint density at radius 3 is 2.74 bits per heavy atom. The quantitative estimate of drug-likeness (QED) is 0.861. The van der Waals surface area contributed by atoms with E-state index in [9.17, 15) is 13.6 Å². The average molecular weight is 271 g/mol. The summed E-state index contributed by atoms with van der Waals surface area (Å²) in [6.45, 7) is 2.10. The molecule has 5 heteroatoms. The summed E-state index contributed by atoms with van der Waals surface area (Å²) in [5, 5.41) is 9.13. The van der Waals surface area contributed by atoms with Crippen LogP contribution in [0.2, 0.25) is 0 Å². The molecule has 0 fully saturated rings. The summed E-state index contributed by atoms with van der Waals surface area (Å²) in [6, 6.07) is 3.22. The van der Waals surface area contributed by atoms with E-state index in [1.165, 1.54) is 4.90 Å². The van der Waals surface area contributed by atoms with Crippen LogP contribution < -0.4 is 0 Å². The van der Waals surface area contributed by atoms with Crippen LogP contribution in [0.1, 0.15) is 25.3 Å². The van der Waals surface area contributed by atoms with Crippen LogP contribution in [-0.4, -0.2) is 35.6 Å². The molecule has 1 N–H and O–H groups in total. The minimum atomic E-state index is -0.508. The smallest absolute Gasteiger partial charge is 0.222 e. The van der Waals surface area contributed by atoms with Gasteiger partial charge in [0.15, 0.2) is 0 Å². The Labute approximate surface area is 111 Å². The van der Waals surface area contributed by atoms with E-state index >= 15 is 0 Å². The predicted molar refractivity (Wildman–Crippen MR) is 68.6 cm³/mol. The molecule has 0 spiro atoms. The lowest BCUT2D eigenvalue weighted by atomic mass is 10.1. The highest BCUT2D eigenvalue weighted by Gasteiger charge is 2.11. The van der Waals surface area contributed by atoms with E-state index in [1.807, 2.05) is 0 Å². The molecule has 1 atom stereocenters. The van der Waals surface area contributed by atoms with E-state index < -0.39 is 17.7 Å². The van der Waals surface area contributed by atoms with E-state index in [-0.39, 0.29) is 24.3 Å². The second kappa shape index (κ2) is 7.19. The third-order valence-electron chi connectivity index (χ3n) is 2.92. The molecule has 19 heavy (non-hydrogen) atoms. The van der Waals surface area contributed by atoms with Crippen molar-refractivity contribution >= 4 is 5.91 Å². The summed E-state index contributed by atoms with van der Waals surface area (Å²) >= 11 is 0. The number of aliphatic hydroxyl groups is 1. The number of halogens is 2. The minimum absolute atomic E-state index is 0.122. The lowest BCUT2D eigenvalue weighted by molar-refractivity contribution is -0.130. The Morgan fingerprint density at radius 2 is 2.11 bits per heavy atom. The molecular weight excluding hydrogens is 252 g/mol. The van der Waals surface area contributed by atoms with Gasteiger partial charge in [-0.25, -0.2) is 8.78 Å². The third-order valence-corrected chi connectivity index (χ3v) is 2.92. The molecule has 0 aliphatic rings. The summed E-state index contributed by atoms with van der Waals surface area (Å²) in [4.78, 5) is 13.2. The van der Waals surface area contributed by atoms with E-state index in [4.69, 9.17) is 5.11 Å². The highest BCUT2D eigenvalue weighted by molar-refractivity contribution is 5.76. The minimum Gasteiger partial charge on any atom is -0.393 e. The number of hydrogen-bond acceptors (Lipinski definition) is 2. The monoisotopic (exact) mass is 271 g/mol. The van der Waals surface area contributed by atoms with E-state index in [2.05, 4.69) is 0 Å². The molecule has 0 aliphatic carbocycles. The van der Waals surface area contributed by atoms with E-state index in [0.717, 1.165) is 18.2 Å². The number of nitrogens with zero attached hydrogens (tertiary/aromatic N) is 1. The van der Waals surface area contributed by atoms with E-state index in [0.29, 0.717) is 13.0 Å². The number of benzene rings is 1. The lowest BCUT2D eigenvalue weighted by Gasteiger charge is -2.18. The van der Waals surface area contributed by atoms with Gasteiger partial charge in [0.1, 0.15) is 11.6 Å². The summed E-state index contributed by atoms with van der Waals surface area (Å²) in [7, 11) is 1.63. The summed E-state index contributed by atoms with van der Waals surface area (Å²) < 4.78 is 26.3. The highest BCUT2D eigenvalue weighted by atomic mass is 19.1. The zero-order chi connectivity index (χ0) is 14.4. The molecule has 1 rings (SSSR count). The van der Waals surface area contributed by atoms with Gasteiger partial charge in [-0.2, -0.15) is 0 Å². The van der Waals surface area contributed by atoms with Gasteiger partial charge < -0.3 is 10.0 Å². The van der Waals surface area contributed by atoms with Crippen LogP contribution in [0.25, 0.3) is 0 Å². The molecule has 0 aliphatic heterocycles. The maximum absolute atomic E-state index is 13.4. The zero-order valence-corrected chi connectivity index (χ0v) is 11.2. The topological polar surface area (TPSA) is 40.5 Å². The molecule has 0 aromatic heterocycles. The lowest BCUT2D eigenvalue weighted by Crippen LogP contribution is -2.29. The number of carbonyl (C=O) groups excluding carboxylic acids is 1. The normalized spacial score (nSPS) is 12.3.